The highest BCUT2D eigenvalue weighted by molar-refractivity contribution is 7.10. The van der Waals surface area contributed by atoms with Crippen molar-refractivity contribution >= 4 is 29.1 Å². The summed E-state index contributed by atoms with van der Waals surface area (Å²) in [7, 11) is 1.95. The molecule has 2 aliphatic heterocycles. The zero-order chi connectivity index (χ0) is 21.1. The Morgan fingerprint density at radius 2 is 2.13 bits per heavy atom. The molecule has 1 aromatic heterocycles. The Balaban J connectivity index is 1.44. The van der Waals surface area contributed by atoms with Crippen molar-refractivity contribution in [2.75, 3.05) is 13.6 Å². The molecule has 1 saturated heterocycles. The third-order valence-corrected chi connectivity index (χ3v) is 6.70. The molecular formula is C22H26N4O3S. The lowest BCUT2D eigenvalue weighted by Crippen LogP contribution is -2.52. The number of fused-ring (bicyclic) bond motifs is 1. The summed E-state index contributed by atoms with van der Waals surface area (Å²) in [6, 6.07) is 9.82. The summed E-state index contributed by atoms with van der Waals surface area (Å²) in [5, 5.41) is 11.2. The molecule has 2 aliphatic rings. The van der Waals surface area contributed by atoms with Crippen molar-refractivity contribution in [2.45, 2.75) is 44.4 Å². The van der Waals surface area contributed by atoms with Crippen LogP contribution in [0.4, 0.5) is 0 Å². The predicted octanol–water partition coefficient (Wildman–Crippen LogP) is 1.95. The Bertz CT molecular complexity index is 944. The zero-order valence-electron chi connectivity index (χ0n) is 16.9. The molecule has 0 spiro atoms. The Labute approximate surface area is 179 Å². The van der Waals surface area contributed by atoms with Crippen LogP contribution in [0.25, 0.3) is 0 Å². The molecule has 7 nitrogen and oxygen atoms in total. The van der Waals surface area contributed by atoms with Gasteiger partial charge in [0.25, 0.3) is 5.91 Å². The molecule has 1 unspecified atom stereocenters. The highest BCUT2D eigenvalue weighted by atomic mass is 32.1. The van der Waals surface area contributed by atoms with Crippen molar-refractivity contribution in [2.24, 2.45) is 0 Å². The van der Waals surface area contributed by atoms with E-state index in [0.717, 1.165) is 24.1 Å². The molecular weight excluding hydrogens is 400 g/mol. The van der Waals surface area contributed by atoms with Gasteiger partial charge in [-0.1, -0.05) is 18.2 Å². The van der Waals surface area contributed by atoms with Gasteiger partial charge in [0.1, 0.15) is 6.04 Å². The number of hydrogen-bond acceptors (Lipinski definition) is 6. The van der Waals surface area contributed by atoms with Gasteiger partial charge < -0.3 is 15.5 Å². The molecule has 4 rings (SSSR count). The van der Waals surface area contributed by atoms with E-state index in [4.69, 9.17) is 0 Å². The van der Waals surface area contributed by atoms with E-state index in [9.17, 15) is 14.4 Å². The van der Waals surface area contributed by atoms with Crippen LogP contribution in [0.15, 0.2) is 35.7 Å². The first-order chi connectivity index (χ1) is 14.6. The molecule has 3 N–H and O–H groups in total. The summed E-state index contributed by atoms with van der Waals surface area (Å²) in [4.78, 5) is 39.5. The minimum atomic E-state index is -0.575. The number of imide groups is 1. The first-order valence-corrected chi connectivity index (χ1v) is 11.1. The first kappa shape index (κ1) is 20.7. The number of hydrogen-bond donors (Lipinski definition) is 3. The quantitative estimate of drug-likeness (QED) is 0.562. The summed E-state index contributed by atoms with van der Waals surface area (Å²) >= 11 is 1.74. The Morgan fingerprint density at radius 1 is 1.27 bits per heavy atom. The van der Waals surface area contributed by atoms with Crippen molar-refractivity contribution < 1.29 is 14.4 Å². The van der Waals surface area contributed by atoms with Crippen LogP contribution in [0, 0.1) is 0 Å². The van der Waals surface area contributed by atoms with Gasteiger partial charge in [-0.3, -0.25) is 19.7 Å². The van der Waals surface area contributed by atoms with Gasteiger partial charge in [-0.25, -0.2) is 0 Å². The summed E-state index contributed by atoms with van der Waals surface area (Å²) in [5.74, 6) is -0.781. The van der Waals surface area contributed by atoms with Crippen molar-refractivity contribution in [3.8, 4) is 0 Å². The van der Waals surface area contributed by atoms with E-state index in [1.807, 2.05) is 25.2 Å². The fourth-order valence-electron chi connectivity index (χ4n) is 4.08. The monoisotopic (exact) mass is 426 g/mol. The molecule has 0 radical (unpaired) electrons. The van der Waals surface area contributed by atoms with Crippen LogP contribution < -0.4 is 16.0 Å². The highest BCUT2D eigenvalue weighted by Gasteiger charge is 2.39. The topological polar surface area (TPSA) is 90.5 Å². The van der Waals surface area contributed by atoms with E-state index in [1.165, 1.54) is 4.88 Å². The maximum Gasteiger partial charge on any atom is 0.255 e. The minimum absolute atomic E-state index is 0.133. The second kappa shape index (κ2) is 9.07. The summed E-state index contributed by atoms with van der Waals surface area (Å²) in [6.07, 6.45) is 1.62. The van der Waals surface area contributed by atoms with Gasteiger partial charge in [0.05, 0.1) is 0 Å². The van der Waals surface area contributed by atoms with Gasteiger partial charge >= 0.3 is 0 Å². The van der Waals surface area contributed by atoms with Crippen LogP contribution >= 0.6 is 11.3 Å². The lowest BCUT2D eigenvalue weighted by atomic mass is 10.0. The molecule has 158 valence electrons. The van der Waals surface area contributed by atoms with Crippen LogP contribution in [-0.4, -0.2) is 42.3 Å². The molecule has 30 heavy (non-hydrogen) atoms. The van der Waals surface area contributed by atoms with Gasteiger partial charge in [0.15, 0.2) is 0 Å². The number of nitrogens with one attached hydrogen (secondary N) is 3. The van der Waals surface area contributed by atoms with Crippen molar-refractivity contribution in [3.05, 3.63) is 57.3 Å². The van der Waals surface area contributed by atoms with Gasteiger partial charge in [-0.2, -0.15) is 0 Å². The van der Waals surface area contributed by atoms with E-state index in [0.29, 0.717) is 25.1 Å². The van der Waals surface area contributed by atoms with E-state index in [2.05, 4.69) is 33.5 Å². The maximum absolute atomic E-state index is 13.0. The fraction of sp³-hybridized carbons (Fsp3) is 0.409. The van der Waals surface area contributed by atoms with E-state index in [1.54, 1.807) is 16.2 Å². The van der Waals surface area contributed by atoms with Crippen LogP contribution in [0.5, 0.6) is 0 Å². The van der Waals surface area contributed by atoms with Crippen LogP contribution in [0.2, 0.25) is 0 Å². The Hall–Kier alpha value is -2.55. The molecule has 1 aromatic carbocycles. The summed E-state index contributed by atoms with van der Waals surface area (Å²) in [5.41, 5.74) is 2.62. The fourth-order valence-corrected chi connectivity index (χ4v) is 4.91. The highest BCUT2D eigenvalue weighted by Crippen LogP contribution is 2.29. The molecule has 0 bridgehead atoms. The second-order valence-electron chi connectivity index (χ2n) is 7.73. The second-order valence-corrected chi connectivity index (χ2v) is 8.71. The van der Waals surface area contributed by atoms with Crippen molar-refractivity contribution in [1.82, 2.24) is 20.9 Å². The normalized spacial score (nSPS) is 19.7. The number of rotatable bonds is 8. The van der Waals surface area contributed by atoms with Crippen molar-refractivity contribution in [3.63, 3.8) is 0 Å². The number of benzene rings is 1. The number of amides is 3. The largest absolute Gasteiger partial charge is 0.322 e. The Kier molecular flexibility index (Phi) is 6.26. The average Bonchev–Trinajstić information content (AvgIpc) is 3.37. The molecule has 2 aromatic rings. The van der Waals surface area contributed by atoms with Crippen LogP contribution in [-0.2, 0) is 22.7 Å². The smallest absolute Gasteiger partial charge is 0.255 e. The lowest BCUT2D eigenvalue weighted by molar-refractivity contribution is -0.136. The third kappa shape index (κ3) is 4.30. The molecule has 1 fully saturated rings. The Morgan fingerprint density at radius 3 is 2.87 bits per heavy atom. The van der Waals surface area contributed by atoms with Gasteiger partial charge in [-0.15, -0.1) is 11.3 Å². The third-order valence-electron chi connectivity index (χ3n) is 5.71. The molecule has 3 heterocycles. The predicted molar refractivity (Wildman–Crippen MR) is 115 cm³/mol. The molecule has 0 saturated carbocycles. The van der Waals surface area contributed by atoms with Crippen LogP contribution in [0.3, 0.4) is 0 Å². The lowest BCUT2D eigenvalue weighted by Gasteiger charge is -2.29. The summed E-state index contributed by atoms with van der Waals surface area (Å²) in [6.45, 7) is 1.98. The van der Waals surface area contributed by atoms with Crippen LogP contribution in [0.1, 0.15) is 51.7 Å². The molecule has 8 heteroatoms. The van der Waals surface area contributed by atoms with E-state index < -0.39 is 6.04 Å². The SMILES string of the molecule is CNCC[C@@H](NCc1ccc2c(c1)C(=O)N(C1CCC(=O)NC1=O)C2)c1cccs1. The summed E-state index contributed by atoms with van der Waals surface area (Å²) < 4.78 is 0. The van der Waals surface area contributed by atoms with Gasteiger partial charge in [0.2, 0.25) is 11.8 Å². The number of carbonyl (C=O) groups excluding carboxylic acids is 3. The van der Waals surface area contributed by atoms with Gasteiger partial charge in [-0.05, 0) is 55.1 Å². The number of carbonyl (C=O) groups is 3. The van der Waals surface area contributed by atoms with E-state index in [-0.39, 0.29) is 30.2 Å². The molecule has 2 atom stereocenters. The standard InChI is InChI=1S/C22H26N4O3S/c1-23-9-8-17(19-3-2-10-30-19)24-12-14-4-5-15-13-26(22(29)16(15)11-14)18-6-7-20(27)25-21(18)28/h2-5,10-11,17-18,23-24H,6-9,12-13H2,1H3,(H,25,27,28)/t17-,18?/m1/s1. The zero-order valence-corrected chi connectivity index (χ0v) is 17.8. The minimum Gasteiger partial charge on any atom is -0.322 e. The van der Waals surface area contributed by atoms with E-state index >= 15 is 0 Å². The number of nitrogens with zero attached hydrogens (tertiary/aromatic N) is 1. The molecule has 0 aliphatic carbocycles. The van der Waals surface area contributed by atoms with Crippen molar-refractivity contribution in [1.29, 1.82) is 0 Å². The number of piperidine rings is 1. The maximum atomic E-state index is 13.0. The first-order valence-electron chi connectivity index (χ1n) is 10.2. The molecule has 3 amide bonds. The van der Waals surface area contributed by atoms with Gasteiger partial charge in [0, 0.05) is 36.0 Å². The average molecular weight is 427 g/mol. The number of thiophene rings is 1.